The lowest BCUT2D eigenvalue weighted by Crippen LogP contribution is -2.50. The lowest BCUT2D eigenvalue weighted by Gasteiger charge is -2.34. The van der Waals surface area contributed by atoms with Gasteiger partial charge < -0.3 is 14.8 Å². The van der Waals surface area contributed by atoms with Crippen molar-refractivity contribution in [2.75, 3.05) is 26.2 Å². The number of hydrogen-bond acceptors (Lipinski definition) is 2. The van der Waals surface area contributed by atoms with Crippen molar-refractivity contribution >= 4 is 46.6 Å². The van der Waals surface area contributed by atoms with Gasteiger partial charge in [-0.2, -0.15) is 0 Å². The summed E-state index contributed by atoms with van der Waals surface area (Å²) in [5, 5.41) is 1.33. The largest absolute Gasteiger partial charge is 0.356 e. The van der Waals surface area contributed by atoms with Crippen LogP contribution in [0.5, 0.6) is 0 Å². The normalized spacial score (nSPS) is 14.8. The second kappa shape index (κ2) is 7.05. The van der Waals surface area contributed by atoms with E-state index in [1.54, 1.807) is 40.3 Å². The van der Waals surface area contributed by atoms with Crippen molar-refractivity contribution in [2.45, 2.75) is 0 Å². The maximum absolute atomic E-state index is 12.5. The minimum absolute atomic E-state index is 0.125. The molecule has 8 heteroatoms. The van der Waals surface area contributed by atoms with E-state index in [4.69, 9.17) is 34.8 Å². The van der Waals surface area contributed by atoms with Gasteiger partial charge in [0.15, 0.2) is 0 Å². The molecule has 1 fully saturated rings. The molecule has 0 atom stereocenters. The molecule has 0 aliphatic carbocycles. The van der Waals surface area contributed by atoms with Crippen LogP contribution >= 0.6 is 34.8 Å². The monoisotopic (exact) mass is 385 g/mol. The lowest BCUT2D eigenvalue weighted by atomic mass is 10.1. The summed E-state index contributed by atoms with van der Waals surface area (Å²) < 4.78 is 0. The van der Waals surface area contributed by atoms with Gasteiger partial charge >= 0.3 is 0 Å². The second-order valence-corrected chi connectivity index (χ2v) is 6.78. The van der Waals surface area contributed by atoms with Crippen LogP contribution in [0.3, 0.4) is 0 Å². The first-order chi connectivity index (χ1) is 11.4. The fourth-order valence-corrected chi connectivity index (χ4v) is 3.32. The van der Waals surface area contributed by atoms with Crippen LogP contribution in [0.2, 0.25) is 15.1 Å². The molecular formula is C16H14Cl3N3O2. The number of piperazine rings is 1. The number of aromatic amines is 1. The van der Waals surface area contributed by atoms with Crippen molar-refractivity contribution in [3.63, 3.8) is 0 Å². The van der Waals surface area contributed by atoms with Crippen molar-refractivity contribution in [2.24, 2.45) is 0 Å². The van der Waals surface area contributed by atoms with Gasteiger partial charge in [0.2, 0.25) is 0 Å². The zero-order valence-corrected chi connectivity index (χ0v) is 14.8. The fourth-order valence-electron chi connectivity index (χ4n) is 2.63. The van der Waals surface area contributed by atoms with Gasteiger partial charge in [0.25, 0.3) is 11.8 Å². The number of hydrogen-bond donors (Lipinski definition) is 1. The second-order valence-electron chi connectivity index (χ2n) is 5.47. The Morgan fingerprint density at radius 3 is 1.83 bits per heavy atom. The van der Waals surface area contributed by atoms with E-state index in [0.717, 1.165) is 0 Å². The summed E-state index contributed by atoms with van der Waals surface area (Å²) in [6, 6.07) is 6.36. The molecule has 0 unspecified atom stereocenters. The molecule has 0 radical (unpaired) electrons. The number of H-pyrrole nitrogens is 1. The van der Waals surface area contributed by atoms with Gasteiger partial charge in [0, 0.05) is 48.0 Å². The molecule has 1 aliphatic heterocycles. The van der Waals surface area contributed by atoms with Gasteiger partial charge in [-0.1, -0.05) is 34.8 Å². The Hall–Kier alpha value is -1.69. The van der Waals surface area contributed by atoms with Crippen LogP contribution in [0.1, 0.15) is 20.8 Å². The topological polar surface area (TPSA) is 56.4 Å². The number of carbonyl (C=O) groups is 2. The predicted molar refractivity (Wildman–Crippen MR) is 94.1 cm³/mol. The molecule has 2 amide bonds. The Kier molecular flexibility index (Phi) is 5.04. The summed E-state index contributed by atoms with van der Waals surface area (Å²) >= 11 is 17.7. The Balaban J connectivity index is 1.64. The molecule has 2 heterocycles. The van der Waals surface area contributed by atoms with Crippen LogP contribution in [0.15, 0.2) is 30.5 Å². The van der Waals surface area contributed by atoms with Gasteiger partial charge in [0.1, 0.15) is 5.69 Å². The van der Waals surface area contributed by atoms with Gasteiger partial charge in [0.05, 0.1) is 5.02 Å². The molecule has 1 saturated heterocycles. The molecule has 0 bridgehead atoms. The number of halogens is 3. The fraction of sp³-hybridized carbons (Fsp3) is 0.250. The van der Waals surface area contributed by atoms with E-state index in [1.807, 2.05) is 0 Å². The first kappa shape index (κ1) is 17.1. The summed E-state index contributed by atoms with van der Waals surface area (Å²) in [6.45, 7) is 1.80. The number of nitrogens with zero attached hydrogens (tertiary/aromatic N) is 2. The number of amides is 2. The number of rotatable bonds is 2. The summed E-state index contributed by atoms with van der Waals surface area (Å²) in [4.78, 5) is 31.1. The van der Waals surface area contributed by atoms with Crippen LogP contribution in [0.25, 0.3) is 0 Å². The Morgan fingerprint density at radius 1 is 0.792 bits per heavy atom. The average Bonchev–Trinajstić information content (AvgIpc) is 2.99. The zero-order valence-electron chi connectivity index (χ0n) is 12.6. The van der Waals surface area contributed by atoms with E-state index >= 15 is 0 Å². The molecule has 1 aromatic heterocycles. The Labute approximate surface area is 154 Å². The summed E-state index contributed by atoms with van der Waals surface area (Å²) in [5.74, 6) is -0.269. The van der Waals surface area contributed by atoms with E-state index in [2.05, 4.69) is 4.98 Å². The van der Waals surface area contributed by atoms with Crippen LogP contribution in [-0.4, -0.2) is 52.8 Å². The first-order valence-electron chi connectivity index (χ1n) is 7.32. The van der Waals surface area contributed by atoms with Crippen molar-refractivity contribution in [3.05, 3.63) is 56.8 Å². The molecule has 24 heavy (non-hydrogen) atoms. The average molecular weight is 387 g/mol. The van der Waals surface area contributed by atoms with E-state index in [-0.39, 0.29) is 11.8 Å². The summed E-state index contributed by atoms with van der Waals surface area (Å²) in [7, 11) is 0. The molecule has 0 spiro atoms. The number of aromatic nitrogens is 1. The molecule has 2 aromatic rings. The molecule has 126 valence electrons. The smallest absolute Gasteiger partial charge is 0.270 e. The highest BCUT2D eigenvalue weighted by atomic mass is 35.5. The zero-order chi connectivity index (χ0) is 17.3. The highest BCUT2D eigenvalue weighted by Gasteiger charge is 2.26. The maximum atomic E-state index is 12.5. The molecule has 1 N–H and O–H groups in total. The van der Waals surface area contributed by atoms with Gasteiger partial charge in [-0.25, -0.2) is 0 Å². The van der Waals surface area contributed by atoms with E-state index < -0.39 is 0 Å². The molecule has 0 saturated carbocycles. The first-order valence-corrected chi connectivity index (χ1v) is 8.46. The number of benzene rings is 1. The predicted octanol–water partition coefficient (Wildman–Crippen LogP) is 3.57. The molecule has 5 nitrogen and oxygen atoms in total. The van der Waals surface area contributed by atoms with E-state index in [0.29, 0.717) is 52.5 Å². The summed E-state index contributed by atoms with van der Waals surface area (Å²) in [6.07, 6.45) is 1.57. The number of nitrogens with one attached hydrogen (secondary N) is 1. The SMILES string of the molecule is O=C(c1cc(Cl)cc(Cl)c1)N1CCN(C(=O)c2cc(Cl)c[nH]2)CC1. The molecule has 1 aromatic carbocycles. The maximum Gasteiger partial charge on any atom is 0.270 e. The molecule has 3 rings (SSSR count). The third-order valence-electron chi connectivity index (χ3n) is 3.84. The quantitative estimate of drug-likeness (QED) is 0.858. The number of carbonyl (C=O) groups excluding carboxylic acids is 2. The Bertz CT molecular complexity index is 762. The van der Waals surface area contributed by atoms with Crippen LogP contribution in [-0.2, 0) is 0 Å². The molecule has 1 aliphatic rings. The van der Waals surface area contributed by atoms with E-state index in [1.165, 1.54) is 0 Å². The van der Waals surface area contributed by atoms with Crippen molar-refractivity contribution < 1.29 is 9.59 Å². The molecular weight excluding hydrogens is 373 g/mol. The van der Waals surface area contributed by atoms with Crippen molar-refractivity contribution in [1.29, 1.82) is 0 Å². The van der Waals surface area contributed by atoms with Crippen molar-refractivity contribution in [1.82, 2.24) is 14.8 Å². The third-order valence-corrected chi connectivity index (χ3v) is 4.50. The summed E-state index contributed by atoms with van der Waals surface area (Å²) in [5.41, 5.74) is 0.893. The minimum Gasteiger partial charge on any atom is -0.356 e. The van der Waals surface area contributed by atoms with Crippen LogP contribution < -0.4 is 0 Å². The Morgan fingerprint density at radius 2 is 1.33 bits per heavy atom. The third kappa shape index (κ3) is 3.69. The van der Waals surface area contributed by atoms with Crippen molar-refractivity contribution in [3.8, 4) is 0 Å². The standard InChI is InChI=1S/C16H14Cl3N3O2/c17-11-5-10(6-12(18)7-11)15(23)21-1-3-22(4-2-21)16(24)14-8-13(19)9-20-14/h5-9,20H,1-4H2. The lowest BCUT2D eigenvalue weighted by molar-refractivity contribution is 0.0532. The highest BCUT2D eigenvalue weighted by molar-refractivity contribution is 6.35. The highest BCUT2D eigenvalue weighted by Crippen LogP contribution is 2.21. The van der Waals surface area contributed by atoms with Crippen LogP contribution in [0.4, 0.5) is 0 Å². The van der Waals surface area contributed by atoms with Gasteiger partial charge in [-0.15, -0.1) is 0 Å². The van der Waals surface area contributed by atoms with E-state index in [9.17, 15) is 9.59 Å². The van der Waals surface area contributed by atoms with Gasteiger partial charge in [-0.05, 0) is 24.3 Å². The van der Waals surface area contributed by atoms with Gasteiger partial charge in [-0.3, -0.25) is 9.59 Å². The van der Waals surface area contributed by atoms with Crippen LogP contribution in [0, 0.1) is 0 Å². The minimum atomic E-state index is -0.144.